The number of hydrazone groups is 1. The van der Waals surface area contributed by atoms with E-state index < -0.39 is 5.91 Å². The fraction of sp³-hybridized carbons (Fsp3) is 0.111. The third-order valence-electron chi connectivity index (χ3n) is 5.24. The van der Waals surface area contributed by atoms with Crippen LogP contribution in [0.2, 0.25) is 5.02 Å². The second-order valence-corrected chi connectivity index (χ2v) is 8.87. The van der Waals surface area contributed by atoms with Gasteiger partial charge in [-0.15, -0.1) is 0 Å². The molecule has 0 unspecified atom stereocenters. The van der Waals surface area contributed by atoms with E-state index in [2.05, 4.69) is 26.5 Å². The Morgan fingerprint density at radius 2 is 1.66 bits per heavy atom. The summed E-state index contributed by atoms with van der Waals surface area (Å²) in [4.78, 5) is 12.8. The van der Waals surface area contributed by atoms with Crippen LogP contribution in [0.4, 0.5) is 0 Å². The Bertz CT molecular complexity index is 1390. The summed E-state index contributed by atoms with van der Waals surface area (Å²) >= 11 is 9.88. The molecule has 4 aromatic carbocycles. The highest BCUT2D eigenvalue weighted by Crippen LogP contribution is 2.36. The van der Waals surface area contributed by atoms with Gasteiger partial charge >= 0.3 is 0 Å². The second-order valence-electron chi connectivity index (χ2n) is 7.55. The molecule has 0 aromatic heterocycles. The van der Waals surface area contributed by atoms with Gasteiger partial charge < -0.3 is 14.2 Å². The average molecular weight is 554 g/mol. The van der Waals surface area contributed by atoms with Crippen LogP contribution in [0.1, 0.15) is 21.5 Å². The standard InChI is InChI=1S/C27H22BrClN2O4/c1-33-24-14-20-6-4-3-5-19(20)13-22(24)27(32)31-30-15-18-11-23(29)26(25(12-18)34-2)35-16-17-7-9-21(28)10-8-17/h3-15H,16H2,1-2H3,(H,31,32)/b30-15-. The van der Waals surface area contributed by atoms with Crippen molar-refractivity contribution in [2.45, 2.75) is 6.61 Å². The topological polar surface area (TPSA) is 69.2 Å². The van der Waals surface area contributed by atoms with Crippen molar-refractivity contribution < 1.29 is 19.0 Å². The normalized spacial score (nSPS) is 11.0. The molecule has 0 bridgehead atoms. The van der Waals surface area contributed by atoms with Gasteiger partial charge in [-0.25, -0.2) is 5.43 Å². The quantitative estimate of drug-likeness (QED) is 0.197. The third kappa shape index (κ3) is 5.93. The Kier molecular flexibility index (Phi) is 7.90. The van der Waals surface area contributed by atoms with Crippen molar-refractivity contribution in [1.29, 1.82) is 0 Å². The van der Waals surface area contributed by atoms with E-state index in [1.165, 1.54) is 20.4 Å². The molecule has 0 aliphatic heterocycles. The first-order chi connectivity index (χ1) is 17.0. The van der Waals surface area contributed by atoms with Gasteiger partial charge in [0.05, 0.1) is 31.0 Å². The summed E-state index contributed by atoms with van der Waals surface area (Å²) < 4.78 is 17.7. The number of hydrogen-bond acceptors (Lipinski definition) is 5. The number of benzene rings is 4. The number of nitrogens with zero attached hydrogens (tertiary/aromatic N) is 1. The lowest BCUT2D eigenvalue weighted by Crippen LogP contribution is -2.18. The van der Waals surface area contributed by atoms with Crippen molar-refractivity contribution in [1.82, 2.24) is 5.43 Å². The monoisotopic (exact) mass is 552 g/mol. The lowest BCUT2D eigenvalue weighted by molar-refractivity contribution is 0.0952. The van der Waals surface area contributed by atoms with Crippen LogP contribution in [0.5, 0.6) is 17.2 Å². The number of fused-ring (bicyclic) bond motifs is 1. The number of hydrogen-bond donors (Lipinski definition) is 1. The molecule has 1 amide bonds. The molecular formula is C27H22BrClN2O4. The van der Waals surface area contributed by atoms with Crippen molar-refractivity contribution in [2.75, 3.05) is 14.2 Å². The van der Waals surface area contributed by atoms with Crippen LogP contribution in [0.15, 0.2) is 82.4 Å². The second kappa shape index (κ2) is 11.3. The van der Waals surface area contributed by atoms with Crippen LogP contribution in [0.3, 0.4) is 0 Å². The van der Waals surface area contributed by atoms with Crippen LogP contribution in [-0.4, -0.2) is 26.3 Å². The van der Waals surface area contributed by atoms with E-state index >= 15 is 0 Å². The van der Waals surface area contributed by atoms with Gasteiger partial charge in [-0.1, -0.05) is 63.9 Å². The van der Waals surface area contributed by atoms with E-state index in [0.29, 0.717) is 40.0 Å². The predicted octanol–water partition coefficient (Wildman–Crippen LogP) is 6.62. The maximum absolute atomic E-state index is 12.8. The first-order valence-corrected chi connectivity index (χ1v) is 11.8. The van der Waals surface area contributed by atoms with Gasteiger partial charge in [0.25, 0.3) is 5.91 Å². The van der Waals surface area contributed by atoms with Gasteiger partial charge in [-0.2, -0.15) is 5.10 Å². The van der Waals surface area contributed by atoms with Crippen molar-refractivity contribution in [2.24, 2.45) is 5.10 Å². The zero-order chi connectivity index (χ0) is 24.8. The van der Waals surface area contributed by atoms with Crippen molar-refractivity contribution >= 4 is 50.4 Å². The molecule has 0 atom stereocenters. The Balaban J connectivity index is 1.48. The number of nitrogens with one attached hydrogen (secondary N) is 1. The summed E-state index contributed by atoms with van der Waals surface area (Å²) in [5.41, 5.74) is 4.55. The average Bonchev–Trinajstić information content (AvgIpc) is 2.87. The summed E-state index contributed by atoms with van der Waals surface area (Å²) in [6, 6.07) is 22.6. The fourth-order valence-corrected chi connectivity index (χ4v) is 4.02. The van der Waals surface area contributed by atoms with Crippen LogP contribution in [0.25, 0.3) is 10.8 Å². The summed E-state index contributed by atoms with van der Waals surface area (Å²) in [7, 11) is 3.06. The number of halogens is 2. The number of carbonyl (C=O) groups excluding carboxylic acids is 1. The molecule has 0 saturated heterocycles. The molecule has 1 N–H and O–H groups in total. The van der Waals surface area contributed by atoms with Gasteiger partial charge in [0.1, 0.15) is 12.4 Å². The number of methoxy groups -OCH3 is 2. The van der Waals surface area contributed by atoms with E-state index in [0.717, 1.165) is 20.8 Å². The molecule has 0 aliphatic carbocycles. The van der Waals surface area contributed by atoms with Gasteiger partial charge in [0, 0.05) is 4.47 Å². The lowest BCUT2D eigenvalue weighted by Gasteiger charge is -2.13. The van der Waals surface area contributed by atoms with E-state index in [1.807, 2.05) is 54.6 Å². The van der Waals surface area contributed by atoms with Gasteiger partial charge in [0.15, 0.2) is 11.5 Å². The van der Waals surface area contributed by atoms with Crippen LogP contribution in [0, 0.1) is 0 Å². The molecule has 0 aliphatic rings. The number of carbonyl (C=O) groups is 1. The minimum Gasteiger partial charge on any atom is -0.496 e. The molecule has 6 nitrogen and oxygen atoms in total. The number of rotatable bonds is 8. The first-order valence-electron chi connectivity index (χ1n) is 10.6. The van der Waals surface area contributed by atoms with Gasteiger partial charge in [0.2, 0.25) is 0 Å². The Labute approximate surface area is 216 Å². The minimum absolute atomic E-state index is 0.334. The van der Waals surface area contributed by atoms with E-state index in [4.69, 9.17) is 25.8 Å². The minimum atomic E-state index is -0.392. The molecule has 178 valence electrons. The first kappa shape index (κ1) is 24.6. The number of amides is 1. The predicted molar refractivity (Wildman–Crippen MR) is 142 cm³/mol. The Morgan fingerprint density at radius 1 is 0.971 bits per heavy atom. The van der Waals surface area contributed by atoms with Crippen LogP contribution in [-0.2, 0) is 6.61 Å². The van der Waals surface area contributed by atoms with Crippen molar-refractivity contribution in [3.8, 4) is 17.2 Å². The zero-order valence-corrected chi connectivity index (χ0v) is 21.4. The van der Waals surface area contributed by atoms with Gasteiger partial charge in [-0.05, 0) is 58.3 Å². The smallest absolute Gasteiger partial charge is 0.275 e. The highest BCUT2D eigenvalue weighted by Gasteiger charge is 2.14. The zero-order valence-electron chi connectivity index (χ0n) is 19.0. The molecular weight excluding hydrogens is 532 g/mol. The largest absolute Gasteiger partial charge is 0.496 e. The molecule has 4 aromatic rings. The maximum atomic E-state index is 12.8. The number of ether oxygens (including phenoxy) is 3. The van der Waals surface area contributed by atoms with Crippen molar-refractivity contribution in [3.63, 3.8) is 0 Å². The summed E-state index contributed by atoms with van der Waals surface area (Å²) in [5.74, 6) is 0.961. The molecule has 0 saturated carbocycles. The van der Waals surface area contributed by atoms with Gasteiger partial charge in [-0.3, -0.25) is 4.79 Å². The maximum Gasteiger partial charge on any atom is 0.275 e. The summed E-state index contributed by atoms with van der Waals surface area (Å²) in [5, 5.41) is 6.36. The fourth-order valence-electron chi connectivity index (χ4n) is 3.48. The molecule has 0 heterocycles. The summed E-state index contributed by atoms with van der Waals surface area (Å²) in [6.45, 7) is 0.334. The Hall–Kier alpha value is -3.55. The molecule has 35 heavy (non-hydrogen) atoms. The lowest BCUT2D eigenvalue weighted by atomic mass is 10.1. The molecule has 0 fully saturated rings. The molecule has 4 rings (SSSR count). The SMILES string of the molecule is COc1cc2ccccc2cc1C(=O)N/N=C\c1cc(Cl)c(OCc2ccc(Br)cc2)c(OC)c1. The van der Waals surface area contributed by atoms with Crippen molar-refractivity contribution in [3.05, 3.63) is 99.0 Å². The van der Waals surface area contributed by atoms with E-state index in [1.54, 1.807) is 18.2 Å². The van der Waals surface area contributed by atoms with Crippen LogP contribution >= 0.6 is 27.5 Å². The van der Waals surface area contributed by atoms with E-state index in [9.17, 15) is 4.79 Å². The third-order valence-corrected chi connectivity index (χ3v) is 6.05. The molecule has 8 heteroatoms. The Morgan fingerprint density at radius 3 is 2.34 bits per heavy atom. The highest BCUT2D eigenvalue weighted by molar-refractivity contribution is 9.10. The molecule has 0 spiro atoms. The highest BCUT2D eigenvalue weighted by atomic mass is 79.9. The summed E-state index contributed by atoms with van der Waals surface area (Å²) in [6.07, 6.45) is 1.48. The van der Waals surface area contributed by atoms with Crippen LogP contribution < -0.4 is 19.6 Å². The van der Waals surface area contributed by atoms with E-state index in [-0.39, 0.29) is 0 Å². The molecule has 0 radical (unpaired) electrons.